The number of H-pyrrole nitrogens is 1. The third-order valence-corrected chi connectivity index (χ3v) is 3.56. The van der Waals surface area contributed by atoms with Gasteiger partial charge in [-0.3, -0.25) is 4.79 Å². The highest BCUT2D eigenvalue weighted by Crippen LogP contribution is 2.19. The second-order valence-corrected chi connectivity index (χ2v) is 5.58. The molecule has 0 aliphatic rings. The molecule has 0 bridgehead atoms. The summed E-state index contributed by atoms with van der Waals surface area (Å²) in [6.07, 6.45) is 7.01. The summed E-state index contributed by atoms with van der Waals surface area (Å²) in [6, 6.07) is 3.50. The van der Waals surface area contributed by atoms with E-state index in [0.717, 1.165) is 5.57 Å². The van der Waals surface area contributed by atoms with E-state index in [1.165, 1.54) is 20.5 Å². The van der Waals surface area contributed by atoms with Crippen LogP contribution >= 0.6 is 0 Å². The summed E-state index contributed by atoms with van der Waals surface area (Å²) in [5.41, 5.74) is 1.25. The molecular weight excluding hydrogens is 322 g/mol. The monoisotopic (exact) mass is 343 g/mol. The van der Waals surface area contributed by atoms with Crippen molar-refractivity contribution in [2.45, 2.75) is 20.3 Å². The number of allylic oxidation sites excluding steroid dienone is 2. The first-order chi connectivity index (χ1) is 12.0. The molecule has 2 aromatic rings. The van der Waals surface area contributed by atoms with E-state index in [9.17, 15) is 9.59 Å². The van der Waals surface area contributed by atoms with Crippen molar-refractivity contribution in [3.8, 4) is 5.88 Å². The van der Waals surface area contributed by atoms with E-state index in [0.29, 0.717) is 29.3 Å². The molecule has 0 aromatic carbocycles. The van der Waals surface area contributed by atoms with E-state index >= 15 is 0 Å². The minimum Gasteiger partial charge on any atom is -0.482 e. The first kappa shape index (κ1) is 18.3. The first-order valence-electron chi connectivity index (χ1n) is 7.74. The van der Waals surface area contributed by atoms with Gasteiger partial charge >= 0.3 is 5.97 Å². The molecule has 25 heavy (non-hydrogen) atoms. The van der Waals surface area contributed by atoms with Crippen LogP contribution in [-0.2, 0) is 11.2 Å². The van der Waals surface area contributed by atoms with Gasteiger partial charge in [-0.2, -0.15) is 0 Å². The number of aromatic amines is 1. The van der Waals surface area contributed by atoms with Gasteiger partial charge in [-0.15, -0.1) is 0 Å². The van der Waals surface area contributed by atoms with E-state index in [-0.39, 0.29) is 5.56 Å². The van der Waals surface area contributed by atoms with Gasteiger partial charge in [-0.05, 0) is 44.6 Å². The minimum absolute atomic E-state index is 0.0664. The number of hydrogen-bond acceptors (Lipinski definition) is 5. The molecule has 1 N–H and O–H groups in total. The molecule has 132 valence electrons. The van der Waals surface area contributed by atoms with Crippen LogP contribution in [0.5, 0.6) is 5.88 Å². The lowest BCUT2D eigenvalue weighted by atomic mass is 10.0. The topological polar surface area (TPSA) is 81.5 Å². The van der Waals surface area contributed by atoms with Crippen LogP contribution in [0.4, 0.5) is 0 Å². The quantitative estimate of drug-likeness (QED) is 0.642. The molecule has 6 heteroatoms. The summed E-state index contributed by atoms with van der Waals surface area (Å²) in [7, 11) is 2.71. The molecule has 0 atom stereocenters. The molecule has 0 radical (unpaired) electrons. The lowest BCUT2D eigenvalue weighted by Crippen LogP contribution is -2.23. The average molecular weight is 343 g/mol. The summed E-state index contributed by atoms with van der Waals surface area (Å²) in [6.45, 7) is 3.87. The Morgan fingerprint density at radius 3 is 2.60 bits per heavy atom. The van der Waals surface area contributed by atoms with E-state index in [4.69, 9.17) is 13.9 Å². The van der Waals surface area contributed by atoms with Gasteiger partial charge in [-0.25, -0.2) is 4.79 Å². The van der Waals surface area contributed by atoms with Crippen molar-refractivity contribution in [1.82, 2.24) is 4.98 Å². The summed E-state index contributed by atoms with van der Waals surface area (Å²) in [5, 5.41) is 0. The molecule has 2 rings (SSSR count). The molecule has 0 spiro atoms. The maximum atomic E-state index is 12.9. The normalized spacial score (nSPS) is 10.7. The van der Waals surface area contributed by atoms with Crippen molar-refractivity contribution in [3.05, 3.63) is 62.8 Å². The van der Waals surface area contributed by atoms with Gasteiger partial charge in [0, 0.05) is 0 Å². The lowest BCUT2D eigenvalue weighted by Gasteiger charge is -2.11. The van der Waals surface area contributed by atoms with Gasteiger partial charge in [0.15, 0.2) is 5.88 Å². The zero-order valence-electron chi connectivity index (χ0n) is 14.7. The molecule has 0 saturated carbocycles. The molecule has 0 unspecified atom stereocenters. The predicted molar refractivity (Wildman–Crippen MR) is 95.7 cm³/mol. The summed E-state index contributed by atoms with van der Waals surface area (Å²) in [4.78, 5) is 28.0. The van der Waals surface area contributed by atoms with Gasteiger partial charge in [0.2, 0.25) is 5.43 Å². The maximum absolute atomic E-state index is 12.9. The number of methoxy groups -OCH3 is 2. The molecule has 2 aromatic heterocycles. The third-order valence-electron chi connectivity index (χ3n) is 3.56. The van der Waals surface area contributed by atoms with E-state index in [1.54, 1.807) is 24.3 Å². The number of carbonyl (C=O) groups excluding carboxylic acids is 1. The van der Waals surface area contributed by atoms with Gasteiger partial charge in [0.1, 0.15) is 11.3 Å². The maximum Gasteiger partial charge on any atom is 0.344 e. The molecular formula is C19H21NO5. The zero-order chi connectivity index (χ0) is 18.4. The average Bonchev–Trinajstić information content (AvgIpc) is 3.11. The second kappa shape index (κ2) is 8.19. The molecule has 6 nitrogen and oxygen atoms in total. The largest absolute Gasteiger partial charge is 0.482 e. The number of furan rings is 1. The van der Waals surface area contributed by atoms with Crippen molar-refractivity contribution >= 4 is 18.1 Å². The Morgan fingerprint density at radius 2 is 2.04 bits per heavy atom. The number of nitrogens with one attached hydrogen (secondary N) is 1. The van der Waals surface area contributed by atoms with Crippen LogP contribution in [0.3, 0.4) is 0 Å². The molecule has 0 saturated heterocycles. The Labute approximate surface area is 145 Å². The van der Waals surface area contributed by atoms with E-state index in [1.807, 2.05) is 19.9 Å². The van der Waals surface area contributed by atoms with Crippen LogP contribution in [0.2, 0.25) is 0 Å². The fraction of sp³-hybridized carbons (Fsp3) is 0.263. The van der Waals surface area contributed by atoms with Crippen LogP contribution in [0, 0.1) is 0 Å². The second-order valence-electron chi connectivity index (χ2n) is 5.58. The van der Waals surface area contributed by atoms with Crippen molar-refractivity contribution in [2.24, 2.45) is 0 Å². The number of hydrogen-bond donors (Lipinski definition) is 1. The number of aromatic nitrogens is 1. The highest BCUT2D eigenvalue weighted by atomic mass is 16.5. The zero-order valence-corrected chi connectivity index (χ0v) is 14.7. The number of ether oxygens (including phenoxy) is 2. The summed E-state index contributed by atoms with van der Waals surface area (Å²) in [5.74, 6) is 0.194. The van der Waals surface area contributed by atoms with Crippen LogP contribution in [0.15, 0.2) is 39.3 Å². The molecule has 0 fully saturated rings. The summed E-state index contributed by atoms with van der Waals surface area (Å²) < 4.78 is 15.3. The Kier molecular flexibility index (Phi) is 6.00. The van der Waals surface area contributed by atoms with Gasteiger partial charge in [0.25, 0.3) is 0 Å². The number of rotatable bonds is 6. The van der Waals surface area contributed by atoms with E-state index < -0.39 is 11.4 Å². The van der Waals surface area contributed by atoms with Gasteiger partial charge in [0.05, 0.1) is 31.7 Å². The Hall–Kier alpha value is -3.02. The van der Waals surface area contributed by atoms with Crippen LogP contribution < -0.4 is 10.2 Å². The van der Waals surface area contributed by atoms with Crippen LogP contribution in [-0.4, -0.2) is 25.2 Å². The highest BCUT2D eigenvalue weighted by molar-refractivity contribution is 5.94. The Balaban J connectivity index is 2.62. The summed E-state index contributed by atoms with van der Waals surface area (Å²) >= 11 is 0. The lowest BCUT2D eigenvalue weighted by molar-refractivity contribution is 0.0598. The van der Waals surface area contributed by atoms with Crippen molar-refractivity contribution < 1.29 is 18.7 Å². The fourth-order valence-corrected chi connectivity index (χ4v) is 2.28. The fourth-order valence-electron chi connectivity index (χ4n) is 2.28. The van der Waals surface area contributed by atoms with Gasteiger partial charge in [-0.1, -0.05) is 11.6 Å². The number of carbonyl (C=O) groups is 1. The standard InChI is InChI=1S/C19H21NO5/c1-12(2)7-9-14-17(21)16(19(22)24-4)15(20-18(14)23-3)10-8-13-6-5-11-25-13/h5-8,10-11H,9H2,1-4H3,(H,20,21)/b10-8-. The van der Waals surface area contributed by atoms with Crippen LogP contribution in [0.25, 0.3) is 12.2 Å². The number of pyridine rings is 1. The van der Waals surface area contributed by atoms with Crippen LogP contribution in [0.1, 0.15) is 41.2 Å². The molecule has 0 amide bonds. The molecule has 2 heterocycles. The predicted octanol–water partition coefficient (Wildman–Crippen LogP) is 3.44. The Morgan fingerprint density at radius 1 is 1.28 bits per heavy atom. The van der Waals surface area contributed by atoms with Crippen molar-refractivity contribution in [3.63, 3.8) is 0 Å². The first-order valence-corrected chi connectivity index (χ1v) is 7.74. The Bertz CT molecular complexity index is 853. The van der Waals surface area contributed by atoms with Gasteiger partial charge < -0.3 is 18.9 Å². The molecule has 0 aliphatic heterocycles. The number of esters is 1. The van der Waals surface area contributed by atoms with Crippen molar-refractivity contribution in [2.75, 3.05) is 14.2 Å². The third kappa shape index (κ3) is 4.29. The van der Waals surface area contributed by atoms with E-state index in [2.05, 4.69) is 4.98 Å². The van der Waals surface area contributed by atoms with Crippen molar-refractivity contribution in [1.29, 1.82) is 0 Å². The highest BCUT2D eigenvalue weighted by Gasteiger charge is 2.21. The molecule has 0 aliphatic carbocycles. The SMILES string of the molecule is COC(=O)c1c(/C=C\c2ccco2)[nH]c(OC)c(CC=C(C)C)c1=O. The minimum atomic E-state index is -0.707. The smallest absolute Gasteiger partial charge is 0.344 e.